The van der Waals surface area contributed by atoms with Gasteiger partial charge in [0.15, 0.2) is 0 Å². The summed E-state index contributed by atoms with van der Waals surface area (Å²) in [5.41, 5.74) is 5.54. The second kappa shape index (κ2) is 5.59. The molecule has 0 aromatic heterocycles. The molecular formula is C19H25NO. The number of allylic oxidation sites excluding steroid dienone is 2. The number of hydrogen-bond acceptors (Lipinski definition) is 2. The smallest absolute Gasteiger partial charge is 0.143 e. The number of nitrogens with zero attached hydrogens (tertiary/aromatic N) is 1. The lowest BCUT2D eigenvalue weighted by Gasteiger charge is -2.46. The molecule has 1 aromatic carbocycles. The molecule has 2 heterocycles. The second-order valence-corrected chi connectivity index (χ2v) is 5.85. The normalized spacial score (nSPS) is 25.0. The Labute approximate surface area is 128 Å². The first-order chi connectivity index (χ1) is 10.2. The van der Waals surface area contributed by atoms with E-state index in [0.717, 1.165) is 12.3 Å². The maximum Gasteiger partial charge on any atom is 0.143 e. The summed E-state index contributed by atoms with van der Waals surface area (Å²) in [5.74, 6) is 1.07. The predicted octanol–water partition coefficient (Wildman–Crippen LogP) is 4.42. The first-order valence-electron chi connectivity index (χ1n) is 8.16. The molecule has 1 aliphatic carbocycles. The van der Waals surface area contributed by atoms with E-state index in [0.29, 0.717) is 6.04 Å². The first-order valence-corrected chi connectivity index (χ1v) is 8.16. The van der Waals surface area contributed by atoms with Crippen molar-refractivity contribution in [3.05, 3.63) is 47.1 Å². The van der Waals surface area contributed by atoms with Crippen LogP contribution in [0.15, 0.2) is 35.9 Å². The minimum absolute atomic E-state index is 0.172. The van der Waals surface area contributed by atoms with Crippen molar-refractivity contribution in [3.63, 3.8) is 0 Å². The molecule has 1 aromatic rings. The van der Waals surface area contributed by atoms with Crippen molar-refractivity contribution in [2.45, 2.75) is 52.7 Å². The molecule has 21 heavy (non-hydrogen) atoms. The van der Waals surface area contributed by atoms with Crippen LogP contribution >= 0.6 is 0 Å². The molecule has 112 valence electrons. The standard InChI is InChI=1S/C17H19NO.C2H6/c1-11-5-7-14-16(10-11)19-15-8-6-12(2)13-4-3-9-18(14)17(13)15;1-2/h5-8,10,14,16H,3-4,9H2,1-2H3;1-2H3. The summed E-state index contributed by atoms with van der Waals surface area (Å²) in [7, 11) is 0. The number of aryl methyl sites for hydroxylation is 1. The van der Waals surface area contributed by atoms with Crippen LogP contribution in [0.1, 0.15) is 38.3 Å². The summed E-state index contributed by atoms with van der Waals surface area (Å²) in [5, 5.41) is 0. The highest BCUT2D eigenvalue weighted by molar-refractivity contribution is 5.70. The average Bonchev–Trinajstić information content (AvgIpc) is 2.52. The molecule has 2 atom stereocenters. The van der Waals surface area contributed by atoms with Gasteiger partial charge in [0.2, 0.25) is 0 Å². The zero-order valence-electron chi connectivity index (χ0n) is 13.5. The molecule has 0 fully saturated rings. The van der Waals surface area contributed by atoms with Gasteiger partial charge >= 0.3 is 0 Å². The Hall–Kier alpha value is -1.70. The van der Waals surface area contributed by atoms with Crippen molar-refractivity contribution in [2.75, 3.05) is 11.4 Å². The number of benzene rings is 1. The summed E-state index contributed by atoms with van der Waals surface area (Å²) < 4.78 is 6.24. The van der Waals surface area contributed by atoms with Gasteiger partial charge in [0, 0.05) is 6.54 Å². The lowest BCUT2D eigenvalue weighted by Crippen LogP contribution is -2.50. The van der Waals surface area contributed by atoms with Crippen LogP contribution in [0.4, 0.5) is 5.69 Å². The van der Waals surface area contributed by atoms with Crippen LogP contribution in [0.3, 0.4) is 0 Å². The van der Waals surface area contributed by atoms with Crippen molar-refractivity contribution in [1.29, 1.82) is 0 Å². The Balaban J connectivity index is 0.000000636. The van der Waals surface area contributed by atoms with Crippen LogP contribution < -0.4 is 9.64 Å². The van der Waals surface area contributed by atoms with Gasteiger partial charge < -0.3 is 9.64 Å². The molecule has 2 unspecified atom stereocenters. The number of rotatable bonds is 0. The van der Waals surface area contributed by atoms with E-state index in [1.54, 1.807) is 0 Å². The van der Waals surface area contributed by atoms with Gasteiger partial charge in [0.25, 0.3) is 0 Å². The van der Waals surface area contributed by atoms with Crippen LogP contribution in [0.25, 0.3) is 0 Å². The number of ether oxygens (including phenoxy) is 1. The summed E-state index contributed by atoms with van der Waals surface area (Å²) >= 11 is 0. The zero-order chi connectivity index (χ0) is 15.0. The molecule has 0 N–H and O–H groups in total. The van der Waals surface area contributed by atoms with Crippen LogP contribution in [-0.2, 0) is 6.42 Å². The lowest BCUT2D eigenvalue weighted by molar-refractivity contribution is 0.208. The lowest BCUT2D eigenvalue weighted by atomic mass is 9.90. The third-order valence-electron chi connectivity index (χ3n) is 4.54. The van der Waals surface area contributed by atoms with E-state index in [4.69, 9.17) is 4.74 Å². The Morgan fingerprint density at radius 3 is 2.81 bits per heavy atom. The second-order valence-electron chi connectivity index (χ2n) is 5.85. The molecule has 4 rings (SSSR count). The molecule has 0 radical (unpaired) electrons. The highest BCUT2D eigenvalue weighted by atomic mass is 16.5. The Morgan fingerprint density at radius 2 is 2.00 bits per heavy atom. The van der Waals surface area contributed by atoms with E-state index >= 15 is 0 Å². The summed E-state index contributed by atoms with van der Waals surface area (Å²) in [4.78, 5) is 2.55. The van der Waals surface area contributed by atoms with E-state index in [1.807, 2.05) is 13.8 Å². The Bertz CT molecular complexity index is 600. The maximum absolute atomic E-state index is 6.24. The molecule has 0 saturated carbocycles. The van der Waals surface area contributed by atoms with Gasteiger partial charge in [-0.2, -0.15) is 0 Å². The van der Waals surface area contributed by atoms with Gasteiger partial charge in [-0.25, -0.2) is 0 Å². The van der Waals surface area contributed by atoms with Crippen LogP contribution in [-0.4, -0.2) is 18.7 Å². The molecule has 2 nitrogen and oxygen atoms in total. The molecule has 2 aliphatic heterocycles. The summed E-state index contributed by atoms with van der Waals surface area (Å²) in [6.45, 7) is 9.50. The molecule has 3 aliphatic rings. The van der Waals surface area contributed by atoms with Gasteiger partial charge in [-0.3, -0.25) is 0 Å². The number of hydrogen-bond donors (Lipinski definition) is 0. The molecular weight excluding hydrogens is 258 g/mol. The molecule has 2 heteroatoms. The largest absolute Gasteiger partial charge is 0.482 e. The fraction of sp³-hybridized carbons (Fsp3) is 0.474. The Morgan fingerprint density at radius 1 is 1.19 bits per heavy atom. The van der Waals surface area contributed by atoms with Gasteiger partial charge in [0.1, 0.15) is 11.9 Å². The fourth-order valence-electron chi connectivity index (χ4n) is 3.58. The molecule has 0 bridgehead atoms. The van der Waals surface area contributed by atoms with Crippen molar-refractivity contribution in [1.82, 2.24) is 0 Å². The maximum atomic E-state index is 6.24. The number of fused-ring (bicyclic) bond motifs is 2. The van der Waals surface area contributed by atoms with E-state index in [9.17, 15) is 0 Å². The monoisotopic (exact) mass is 283 g/mol. The third kappa shape index (κ3) is 2.27. The minimum Gasteiger partial charge on any atom is -0.482 e. The first kappa shape index (κ1) is 14.2. The van der Waals surface area contributed by atoms with Gasteiger partial charge in [-0.05, 0) is 50.0 Å². The van der Waals surface area contributed by atoms with Crippen molar-refractivity contribution in [3.8, 4) is 5.75 Å². The highest BCUT2D eigenvalue weighted by Crippen LogP contribution is 2.44. The molecule has 0 amide bonds. The van der Waals surface area contributed by atoms with Crippen molar-refractivity contribution in [2.24, 2.45) is 0 Å². The summed E-state index contributed by atoms with van der Waals surface area (Å²) in [6.07, 6.45) is 9.38. The average molecular weight is 283 g/mol. The highest BCUT2D eigenvalue weighted by Gasteiger charge is 2.37. The van der Waals surface area contributed by atoms with Gasteiger partial charge in [-0.1, -0.05) is 37.6 Å². The van der Waals surface area contributed by atoms with E-state index < -0.39 is 0 Å². The van der Waals surface area contributed by atoms with Crippen LogP contribution in [0, 0.1) is 6.92 Å². The van der Waals surface area contributed by atoms with Crippen molar-refractivity contribution < 1.29 is 4.74 Å². The van der Waals surface area contributed by atoms with Crippen LogP contribution in [0.2, 0.25) is 0 Å². The molecule has 0 saturated heterocycles. The SMILES string of the molecule is CC.CC1=CC2Oc3ccc(C)c4c3N(CCC4)C2C=C1. The minimum atomic E-state index is 0.172. The van der Waals surface area contributed by atoms with Gasteiger partial charge in [0.05, 0.1) is 11.7 Å². The predicted molar refractivity (Wildman–Crippen MR) is 89.3 cm³/mol. The van der Waals surface area contributed by atoms with Crippen LogP contribution in [0.5, 0.6) is 5.75 Å². The van der Waals surface area contributed by atoms with E-state index in [1.165, 1.54) is 35.2 Å². The van der Waals surface area contributed by atoms with Crippen molar-refractivity contribution >= 4 is 5.69 Å². The quantitative estimate of drug-likeness (QED) is 0.699. The van der Waals surface area contributed by atoms with E-state index in [-0.39, 0.29) is 6.10 Å². The summed E-state index contributed by atoms with van der Waals surface area (Å²) in [6, 6.07) is 4.72. The molecule has 0 spiro atoms. The van der Waals surface area contributed by atoms with Gasteiger partial charge in [-0.15, -0.1) is 0 Å². The fourth-order valence-corrected chi connectivity index (χ4v) is 3.58. The van der Waals surface area contributed by atoms with E-state index in [2.05, 4.69) is 49.1 Å². The zero-order valence-corrected chi connectivity index (χ0v) is 13.5. The number of anilines is 1. The Kier molecular flexibility index (Phi) is 3.79. The topological polar surface area (TPSA) is 12.5 Å². The third-order valence-corrected chi connectivity index (χ3v) is 4.54.